The highest BCUT2D eigenvalue weighted by atomic mass is 16.5. The maximum atomic E-state index is 9.27. The lowest BCUT2D eigenvalue weighted by molar-refractivity contribution is -0.124. The number of hydrogen-bond donors (Lipinski definition) is 1. The van der Waals surface area contributed by atoms with Gasteiger partial charge in [-0.1, -0.05) is 19.3 Å². The van der Waals surface area contributed by atoms with Crippen LogP contribution in [0, 0.1) is 5.92 Å². The SMILES string of the molecule is CC(O)COC1(C2CCC2)CCCC1. The molecule has 2 rings (SSSR count). The van der Waals surface area contributed by atoms with Crippen molar-refractivity contribution in [2.24, 2.45) is 5.92 Å². The van der Waals surface area contributed by atoms with E-state index in [1.54, 1.807) is 0 Å². The number of hydrogen-bond acceptors (Lipinski definition) is 2. The van der Waals surface area contributed by atoms with Gasteiger partial charge in [-0.15, -0.1) is 0 Å². The first kappa shape index (κ1) is 10.4. The van der Waals surface area contributed by atoms with Crippen LogP contribution < -0.4 is 0 Å². The fourth-order valence-electron chi connectivity index (χ4n) is 2.86. The van der Waals surface area contributed by atoms with E-state index in [1.165, 1.54) is 44.9 Å². The standard InChI is InChI=1S/C12H22O2/c1-10(13)9-14-12(7-2-3-8-12)11-5-4-6-11/h10-11,13H,2-9H2,1H3. The highest BCUT2D eigenvalue weighted by molar-refractivity contribution is 4.96. The van der Waals surface area contributed by atoms with Crippen molar-refractivity contribution in [3.63, 3.8) is 0 Å². The number of ether oxygens (including phenoxy) is 1. The Kier molecular flexibility index (Phi) is 3.13. The second-order valence-electron chi connectivity index (χ2n) is 5.06. The quantitative estimate of drug-likeness (QED) is 0.752. The average Bonchev–Trinajstić information content (AvgIpc) is 2.47. The van der Waals surface area contributed by atoms with Gasteiger partial charge in [0.05, 0.1) is 18.3 Å². The van der Waals surface area contributed by atoms with E-state index in [0.29, 0.717) is 6.61 Å². The molecule has 0 bridgehead atoms. The molecule has 2 aliphatic carbocycles. The van der Waals surface area contributed by atoms with Crippen molar-refractivity contribution in [2.45, 2.75) is 63.6 Å². The van der Waals surface area contributed by atoms with E-state index < -0.39 is 0 Å². The molecule has 2 saturated carbocycles. The first-order valence-electron chi connectivity index (χ1n) is 6.05. The number of aliphatic hydroxyl groups is 1. The zero-order chi connectivity index (χ0) is 10.0. The van der Waals surface area contributed by atoms with Crippen molar-refractivity contribution in [3.05, 3.63) is 0 Å². The molecule has 2 heteroatoms. The van der Waals surface area contributed by atoms with Gasteiger partial charge in [0.15, 0.2) is 0 Å². The van der Waals surface area contributed by atoms with E-state index in [9.17, 15) is 5.11 Å². The van der Waals surface area contributed by atoms with Crippen molar-refractivity contribution in [3.8, 4) is 0 Å². The summed E-state index contributed by atoms with van der Waals surface area (Å²) in [5.41, 5.74) is 0.162. The van der Waals surface area contributed by atoms with Gasteiger partial charge >= 0.3 is 0 Å². The Labute approximate surface area is 86.6 Å². The van der Waals surface area contributed by atoms with Gasteiger partial charge < -0.3 is 9.84 Å². The third-order valence-electron chi connectivity index (χ3n) is 3.91. The van der Waals surface area contributed by atoms with Gasteiger partial charge in [-0.25, -0.2) is 0 Å². The lowest BCUT2D eigenvalue weighted by atomic mass is 9.72. The maximum Gasteiger partial charge on any atom is 0.0745 e. The highest BCUT2D eigenvalue weighted by Gasteiger charge is 2.44. The van der Waals surface area contributed by atoms with Gasteiger partial charge in [-0.2, -0.15) is 0 Å². The average molecular weight is 198 g/mol. The molecule has 2 nitrogen and oxygen atoms in total. The summed E-state index contributed by atoms with van der Waals surface area (Å²) >= 11 is 0. The molecule has 0 aromatic rings. The van der Waals surface area contributed by atoms with Gasteiger partial charge in [0.1, 0.15) is 0 Å². The van der Waals surface area contributed by atoms with Crippen LogP contribution in [0.1, 0.15) is 51.9 Å². The summed E-state index contributed by atoms with van der Waals surface area (Å²) < 4.78 is 6.01. The zero-order valence-corrected chi connectivity index (χ0v) is 9.17. The summed E-state index contributed by atoms with van der Waals surface area (Å²) in [4.78, 5) is 0. The molecule has 0 aromatic heterocycles. The molecule has 0 aliphatic heterocycles. The van der Waals surface area contributed by atoms with Crippen LogP contribution >= 0.6 is 0 Å². The minimum Gasteiger partial charge on any atom is -0.391 e. The maximum absolute atomic E-state index is 9.27. The van der Waals surface area contributed by atoms with Crippen molar-refractivity contribution < 1.29 is 9.84 Å². The van der Waals surface area contributed by atoms with E-state index in [1.807, 2.05) is 6.92 Å². The molecule has 1 N–H and O–H groups in total. The Bertz CT molecular complexity index is 179. The van der Waals surface area contributed by atoms with Crippen LogP contribution in [0.2, 0.25) is 0 Å². The second kappa shape index (κ2) is 4.19. The van der Waals surface area contributed by atoms with Crippen LogP contribution in [0.15, 0.2) is 0 Å². The Hall–Kier alpha value is -0.0800. The minimum atomic E-state index is -0.312. The van der Waals surface area contributed by atoms with E-state index >= 15 is 0 Å². The molecule has 0 amide bonds. The van der Waals surface area contributed by atoms with Crippen molar-refractivity contribution in [1.82, 2.24) is 0 Å². The summed E-state index contributed by atoms with van der Waals surface area (Å²) in [7, 11) is 0. The minimum absolute atomic E-state index is 0.162. The third-order valence-corrected chi connectivity index (χ3v) is 3.91. The molecule has 0 radical (unpaired) electrons. The molecule has 2 fully saturated rings. The molecular formula is C12H22O2. The first-order chi connectivity index (χ1) is 6.73. The highest BCUT2D eigenvalue weighted by Crippen LogP contribution is 2.47. The Morgan fingerprint density at radius 1 is 1.29 bits per heavy atom. The molecule has 1 atom stereocenters. The lowest BCUT2D eigenvalue weighted by Gasteiger charge is -2.43. The van der Waals surface area contributed by atoms with E-state index in [-0.39, 0.29) is 11.7 Å². The van der Waals surface area contributed by atoms with E-state index in [2.05, 4.69) is 0 Å². The second-order valence-corrected chi connectivity index (χ2v) is 5.06. The molecular weight excluding hydrogens is 176 g/mol. The molecule has 0 spiro atoms. The largest absolute Gasteiger partial charge is 0.391 e. The summed E-state index contributed by atoms with van der Waals surface area (Å²) in [6.45, 7) is 2.33. The molecule has 0 heterocycles. The number of aliphatic hydroxyl groups excluding tert-OH is 1. The number of rotatable bonds is 4. The van der Waals surface area contributed by atoms with Crippen LogP contribution in [-0.2, 0) is 4.74 Å². The Balaban J connectivity index is 1.91. The third kappa shape index (κ3) is 1.96. The normalized spacial score (nSPS) is 28.7. The smallest absolute Gasteiger partial charge is 0.0745 e. The lowest BCUT2D eigenvalue weighted by Crippen LogP contribution is -2.43. The van der Waals surface area contributed by atoms with Gasteiger partial charge in [0.25, 0.3) is 0 Å². The van der Waals surface area contributed by atoms with Gasteiger partial charge in [0.2, 0.25) is 0 Å². The van der Waals surface area contributed by atoms with E-state index in [0.717, 1.165) is 5.92 Å². The monoisotopic (exact) mass is 198 g/mol. The van der Waals surface area contributed by atoms with Crippen LogP contribution in [0.25, 0.3) is 0 Å². The van der Waals surface area contributed by atoms with Crippen LogP contribution in [0.5, 0.6) is 0 Å². The van der Waals surface area contributed by atoms with Gasteiger partial charge in [0, 0.05) is 0 Å². The topological polar surface area (TPSA) is 29.5 Å². The molecule has 2 aliphatic rings. The first-order valence-corrected chi connectivity index (χ1v) is 6.05. The van der Waals surface area contributed by atoms with Crippen molar-refractivity contribution >= 4 is 0 Å². The van der Waals surface area contributed by atoms with Crippen LogP contribution in [-0.4, -0.2) is 23.4 Å². The van der Waals surface area contributed by atoms with Crippen molar-refractivity contribution in [1.29, 1.82) is 0 Å². The summed E-state index contributed by atoms with van der Waals surface area (Å²) in [6.07, 6.45) is 8.85. The summed E-state index contributed by atoms with van der Waals surface area (Å²) in [5, 5.41) is 9.27. The summed E-state index contributed by atoms with van der Waals surface area (Å²) in [5.74, 6) is 0.795. The van der Waals surface area contributed by atoms with Crippen LogP contribution in [0.3, 0.4) is 0 Å². The molecule has 0 aromatic carbocycles. The van der Waals surface area contributed by atoms with E-state index in [4.69, 9.17) is 4.74 Å². The molecule has 14 heavy (non-hydrogen) atoms. The molecule has 82 valence electrons. The molecule has 1 unspecified atom stereocenters. The van der Waals surface area contributed by atoms with Gasteiger partial charge in [-0.05, 0) is 38.5 Å². The molecule has 0 saturated heterocycles. The van der Waals surface area contributed by atoms with Crippen molar-refractivity contribution in [2.75, 3.05) is 6.61 Å². The Morgan fingerprint density at radius 3 is 2.36 bits per heavy atom. The fourth-order valence-corrected chi connectivity index (χ4v) is 2.86. The predicted molar refractivity (Wildman–Crippen MR) is 56.2 cm³/mol. The van der Waals surface area contributed by atoms with Gasteiger partial charge in [-0.3, -0.25) is 0 Å². The predicted octanol–water partition coefficient (Wildman–Crippen LogP) is 2.50. The zero-order valence-electron chi connectivity index (χ0n) is 9.17. The fraction of sp³-hybridized carbons (Fsp3) is 1.00. The Morgan fingerprint density at radius 2 is 1.93 bits per heavy atom. The van der Waals surface area contributed by atoms with Crippen LogP contribution in [0.4, 0.5) is 0 Å². The summed E-state index contributed by atoms with van der Waals surface area (Å²) in [6, 6.07) is 0.